The van der Waals surface area contributed by atoms with E-state index >= 15 is 0 Å². The molecule has 0 unspecified atom stereocenters. The van der Waals surface area contributed by atoms with Crippen LogP contribution in [0.1, 0.15) is 29.5 Å². The number of benzene rings is 2. The highest BCUT2D eigenvalue weighted by molar-refractivity contribution is 5.71. The van der Waals surface area contributed by atoms with E-state index in [-0.39, 0.29) is 34.3 Å². The summed E-state index contributed by atoms with van der Waals surface area (Å²) in [7, 11) is 0. The molecule has 0 saturated carbocycles. The van der Waals surface area contributed by atoms with Crippen LogP contribution in [0.25, 0.3) is 0 Å². The lowest BCUT2D eigenvalue weighted by molar-refractivity contribution is -0.384. The van der Waals surface area contributed by atoms with Gasteiger partial charge in [-0.3, -0.25) is 10.1 Å². The zero-order chi connectivity index (χ0) is 16.0. The average molecular weight is 310 g/mol. The summed E-state index contributed by atoms with van der Waals surface area (Å²) in [6, 6.07) is 11.5. The normalized spacial score (nSPS) is 24.7. The van der Waals surface area contributed by atoms with Gasteiger partial charge in [-0.25, -0.2) is 4.39 Å². The van der Waals surface area contributed by atoms with Crippen molar-refractivity contribution in [1.29, 1.82) is 0 Å². The molecule has 0 amide bonds. The third-order valence-corrected chi connectivity index (χ3v) is 4.78. The van der Waals surface area contributed by atoms with E-state index in [2.05, 4.69) is 17.5 Å². The fraction of sp³-hybridized carbons (Fsp3) is 0.222. The first-order valence-electron chi connectivity index (χ1n) is 7.61. The highest BCUT2D eigenvalue weighted by Crippen LogP contribution is 2.51. The van der Waals surface area contributed by atoms with E-state index in [1.54, 1.807) is 12.1 Å². The predicted molar refractivity (Wildman–Crippen MR) is 85.8 cm³/mol. The van der Waals surface area contributed by atoms with E-state index in [0.717, 1.165) is 17.5 Å². The summed E-state index contributed by atoms with van der Waals surface area (Å²) in [4.78, 5) is 11.0. The largest absolute Gasteiger partial charge is 0.372 e. The molecular weight excluding hydrogens is 295 g/mol. The van der Waals surface area contributed by atoms with Crippen LogP contribution in [0.4, 0.5) is 15.8 Å². The van der Waals surface area contributed by atoms with Crippen LogP contribution < -0.4 is 5.32 Å². The van der Waals surface area contributed by atoms with Gasteiger partial charge in [-0.2, -0.15) is 0 Å². The van der Waals surface area contributed by atoms with Gasteiger partial charge in [0.05, 0.1) is 11.0 Å². The van der Waals surface area contributed by atoms with Crippen LogP contribution in [0, 0.1) is 21.8 Å². The van der Waals surface area contributed by atoms with Gasteiger partial charge in [-0.1, -0.05) is 36.4 Å². The molecule has 0 aromatic heterocycles. The second kappa shape index (κ2) is 5.19. The fourth-order valence-electron chi connectivity index (χ4n) is 3.79. The summed E-state index contributed by atoms with van der Waals surface area (Å²) in [6.07, 6.45) is 5.10. The highest BCUT2D eigenvalue weighted by atomic mass is 19.1. The molecule has 0 radical (unpaired) electrons. The molecule has 1 N–H and O–H groups in total. The molecule has 1 aliphatic heterocycles. The van der Waals surface area contributed by atoms with Crippen molar-refractivity contribution in [3.8, 4) is 0 Å². The lowest BCUT2D eigenvalue weighted by Crippen LogP contribution is -2.29. The Labute approximate surface area is 132 Å². The zero-order valence-electron chi connectivity index (χ0n) is 12.3. The SMILES string of the molecule is O=[N+]([O-])c1cccc2c1N[C@H](c1cccc(F)c1)[C@@H]1CC=C[C@@H]21. The molecule has 0 bridgehead atoms. The molecule has 2 aliphatic rings. The third-order valence-electron chi connectivity index (χ3n) is 4.78. The molecule has 1 aliphatic carbocycles. The minimum Gasteiger partial charge on any atom is -0.372 e. The monoisotopic (exact) mass is 310 g/mol. The Morgan fingerprint density at radius 1 is 1.22 bits per heavy atom. The standard InChI is InChI=1S/C18H15FN2O2/c19-12-5-1-4-11(10-12)17-14-7-2-6-13(14)15-8-3-9-16(21(22)23)18(15)20-17/h1-6,8-10,13-14,17,20H,7H2/t13-,14-,17-/m1/s1. The minimum absolute atomic E-state index is 0.0719. The lowest BCUT2D eigenvalue weighted by Gasteiger charge is -2.37. The number of hydrogen-bond acceptors (Lipinski definition) is 3. The molecule has 4 nitrogen and oxygen atoms in total. The number of nitro groups is 1. The number of anilines is 1. The number of fused-ring (bicyclic) bond motifs is 3. The van der Waals surface area contributed by atoms with Crippen LogP contribution in [0.15, 0.2) is 54.6 Å². The van der Waals surface area contributed by atoms with Crippen molar-refractivity contribution >= 4 is 11.4 Å². The maximum Gasteiger partial charge on any atom is 0.292 e. The van der Waals surface area contributed by atoms with Gasteiger partial charge in [-0.05, 0) is 35.6 Å². The maximum absolute atomic E-state index is 13.6. The number of allylic oxidation sites excluding steroid dienone is 2. The number of nitro benzene ring substituents is 1. The van der Waals surface area contributed by atoms with Gasteiger partial charge in [0.15, 0.2) is 0 Å². The number of nitrogens with one attached hydrogen (secondary N) is 1. The Morgan fingerprint density at radius 2 is 2.04 bits per heavy atom. The van der Waals surface area contributed by atoms with Gasteiger partial charge >= 0.3 is 0 Å². The van der Waals surface area contributed by atoms with Crippen molar-refractivity contribution in [2.75, 3.05) is 5.32 Å². The van der Waals surface area contributed by atoms with Crippen molar-refractivity contribution in [2.24, 2.45) is 5.92 Å². The number of para-hydroxylation sites is 1. The molecule has 2 aromatic carbocycles. The van der Waals surface area contributed by atoms with Crippen molar-refractivity contribution in [1.82, 2.24) is 0 Å². The topological polar surface area (TPSA) is 55.2 Å². The van der Waals surface area contributed by atoms with Crippen molar-refractivity contribution in [2.45, 2.75) is 18.4 Å². The first-order chi connectivity index (χ1) is 11.1. The number of rotatable bonds is 2. The summed E-state index contributed by atoms with van der Waals surface area (Å²) in [5.74, 6) is 0.0749. The van der Waals surface area contributed by atoms with Gasteiger partial charge in [0.1, 0.15) is 11.5 Å². The summed E-state index contributed by atoms with van der Waals surface area (Å²) >= 11 is 0. The molecular formula is C18H15FN2O2. The summed E-state index contributed by atoms with van der Waals surface area (Å²) in [6.45, 7) is 0. The van der Waals surface area contributed by atoms with Crippen LogP contribution >= 0.6 is 0 Å². The Morgan fingerprint density at radius 3 is 2.83 bits per heavy atom. The van der Waals surface area contributed by atoms with E-state index in [4.69, 9.17) is 0 Å². The molecule has 116 valence electrons. The quantitative estimate of drug-likeness (QED) is 0.502. The molecule has 0 fully saturated rings. The van der Waals surface area contributed by atoms with Gasteiger partial charge in [0, 0.05) is 12.0 Å². The van der Waals surface area contributed by atoms with Crippen molar-refractivity contribution < 1.29 is 9.31 Å². The lowest BCUT2D eigenvalue weighted by atomic mass is 9.77. The number of hydrogen-bond donors (Lipinski definition) is 1. The van der Waals surface area contributed by atoms with Gasteiger partial charge in [0.2, 0.25) is 0 Å². The van der Waals surface area contributed by atoms with Gasteiger partial charge in [0.25, 0.3) is 5.69 Å². The van der Waals surface area contributed by atoms with E-state index in [9.17, 15) is 14.5 Å². The van der Waals surface area contributed by atoms with Crippen LogP contribution in [-0.4, -0.2) is 4.92 Å². The Balaban J connectivity index is 1.85. The van der Waals surface area contributed by atoms with E-state index < -0.39 is 0 Å². The van der Waals surface area contributed by atoms with Crippen LogP contribution in [0.5, 0.6) is 0 Å². The van der Waals surface area contributed by atoms with Gasteiger partial charge < -0.3 is 5.32 Å². The molecule has 23 heavy (non-hydrogen) atoms. The second-order valence-corrected chi connectivity index (χ2v) is 6.03. The van der Waals surface area contributed by atoms with E-state index in [1.807, 2.05) is 12.1 Å². The zero-order valence-corrected chi connectivity index (χ0v) is 12.3. The first-order valence-corrected chi connectivity index (χ1v) is 7.61. The minimum atomic E-state index is -0.368. The highest BCUT2D eigenvalue weighted by Gasteiger charge is 2.40. The fourth-order valence-corrected chi connectivity index (χ4v) is 3.79. The van der Waals surface area contributed by atoms with E-state index in [0.29, 0.717) is 5.69 Å². The Hall–Kier alpha value is -2.69. The molecule has 3 atom stereocenters. The predicted octanol–water partition coefficient (Wildman–Crippen LogP) is 4.56. The van der Waals surface area contributed by atoms with Gasteiger partial charge in [-0.15, -0.1) is 0 Å². The summed E-state index contributed by atoms with van der Waals surface area (Å²) < 4.78 is 13.6. The van der Waals surface area contributed by atoms with E-state index in [1.165, 1.54) is 18.2 Å². The van der Waals surface area contributed by atoms with Crippen LogP contribution in [-0.2, 0) is 0 Å². The molecule has 0 spiro atoms. The van der Waals surface area contributed by atoms with Crippen molar-refractivity contribution in [3.63, 3.8) is 0 Å². The van der Waals surface area contributed by atoms with Crippen molar-refractivity contribution in [3.05, 3.63) is 81.7 Å². The molecule has 1 heterocycles. The molecule has 5 heteroatoms. The summed E-state index contributed by atoms with van der Waals surface area (Å²) in [5, 5.41) is 14.7. The second-order valence-electron chi connectivity index (χ2n) is 6.03. The average Bonchev–Trinajstić information content (AvgIpc) is 3.03. The smallest absolute Gasteiger partial charge is 0.292 e. The Kier molecular flexibility index (Phi) is 3.15. The molecule has 2 aromatic rings. The third kappa shape index (κ3) is 2.20. The Bertz CT molecular complexity index is 818. The van der Waals surface area contributed by atoms with Crippen LogP contribution in [0.2, 0.25) is 0 Å². The maximum atomic E-state index is 13.6. The summed E-state index contributed by atoms with van der Waals surface area (Å²) in [5.41, 5.74) is 2.40. The van der Waals surface area contributed by atoms with Crippen LogP contribution in [0.3, 0.4) is 0 Å². The molecule has 0 saturated heterocycles. The number of nitrogens with zero attached hydrogens (tertiary/aromatic N) is 1. The molecule has 4 rings (SSSR count). The first kappa shape index (κ1) is 13.9. The number of halogens is 1.